The minimum Gasteiger partial charge on any atom is -0.357 e. The van der Waals surface area contributed by atoms with Gasteiger partial charge in [0.1, 0.15) is 6.04 Å². The number of aromatic nitrogens is 3. The number of likely N-dealkylation sites (N-methyl/N-ethyl adjacent to an activating group) is 1. The number of piperidine rings is 1. The molecule has 24 heavy (non-hydrogen) atoms. The van der Waals surface area contributed by atoms with Gasteiger partial charge in [-0.1, -0.05) is 18.2 Å². The summed E-state index contributed by atoms with van der Waals surface area (Å²) in [4.78, 5) is 28.1. The van der Waals surface area contributed by atoms with Gasteiger partial charge in [0.2, 0.25) is 5.91 Å². The molecule has 1 fully saturated rings. The number of hydrogen-bond donors (Lipinski definition) is 1. The van der Waals surface area contributed by atoms with Gasteiger partial charge in [-0.05, 0) is 38.3 Å². The van der Waals surface area contributed by atoms with Crippen LogP contribution in [0.15, 0.2) is 30.3 Å². The third kappa shape index (κ3) is 3.02. The van der Waals surface area contributed by atoms with Gasteiger partial charge in [0, 0.05) is 13.6 Å². The highest BCUT2D eigenvalue weighted by Crippen LogP contribution is 2.20. The summed E-state index contributed by atoms with van der Waals surface area (Å²) in [5.41, 5.74) is 1.65. The van der Waals surface area contributed by atoms with E-state index in [0.717, 1.165) is 18.5 Å². The molecule has 3 rings (SSSR count). The van der Waals surface area contributed by atoms with Crippen LogP contribution in [0.5, 0.6) is 0 Å². The lowest BCUT2D eigenvalue weighted by Gasteiger charge is -2.33. The summed E-state index contributed by atoms with van der Waals surface area (Å²) in [6.45, 7) is 2.33. The summed E-state index contributed by atoms with van der Waals surface area (Å²) in [6.07, 6.45) is 2.51. The van der Waals surface area contributed by atoms with Gasteiger partial charge in [-0.25, -0.2) is 0 Å². The van der Waals surface area contributed by atoms with Gasteiger partial charge in [0.05, 0.1) is 11.4 Å². The lowest BCUT2D eigenvalue weighted by Crippen LogP contribution is -2.51. The van der Waals surface area contributed by atoms with E-state index >= 15 is 0 Å². The Kier molecular flexibility index (Phi) is 4.59. The van der Waals surface area contributed by atoms with Crippen molar-refractivity contribution in [3.8, 4) is 5.69 Å². The van der Waals surface area contributed by atoms with Gasteiger partial charge in [-0.15, -0.1) is 5.10 Å². The molecular weight excluding hydrogens is 306 g/mol. The van der Waals surface area contributed by atoms with Crippen LogP contribution in [-0.2, 0) is 4.79 Å². The van der Waals surface area contributed by atoms with Crippen LogP contribution in [0.4, 0.5) is 0 Å². The fourth-order valence-corrected chi connectivity index (χ4v) is 3.00. The van der Waals surface area contributed by atoms with Crippen molar-refractivity contribution in [2.24, 2.45) is 0 Å². The van der Waals surface area contributed by atoms with E-state index in [-0.39, 0.29) is 11.8 Å². The first-order chi connectivity index (χ1) is 11.6. The smallest absolute Gasteiger partial charge is 0.277 e. The van der Waals surface area contributed by atoms with Crippen molar-refractivity contribution < 1.29 is 9.59 Å². The summed E-state index contributed by atoms with van der Waals surface area (Å²) in [7, 11) is 1.59. The van der Waals surface area contributed by atoms with Crippen molar-refractivity contribution in [3.63, 3.8) is 0 Å². The standard InChI is InChI=1S/C17H21N5O2/c1-12-15(20-22(19-12)13-8-4-3-5-9-13)17(24)21-11-7-6-10-14(21)16(23)18-2/h3-5,8-9,14H,6-7,10-11H2,1-2H3,(H,18,23). The van der Waals surface area contributed by atoms with Crippen molar-refractivity contribution in [1.82, 2.24) is 25.2 Å². The number of para-hydroxylation sites is 1. The number of likely N-dealkylation sites (tertiary alicyclic amines) is 1. The first-order valence-electron chi connectivity index (χ1n) is 8.13. The van der Waals surface area contributed by atoms with Gasteiger partial charge in [-0.3, -0.25) is 9.59 Å². The van der Waals surface area contributed by atoms with Crippen LogP contribution in [0.2, 0.25) is 0 Å². The molecule has 1 atom stereocenters. The molecule has 0 spiro atoms. The van der Waals surface area contributed by atoms with Crippen LogP contribution in [0, 0.1) is 6.92 Å². The second-order valence-electron chi connectivity index (χ2n) is 5.88. The lowest BCUT2D eigenvalue weighted by molar-refractivity contribution is -0.126. The quantitative estimate of drug-likeness (QED) is 0.922. The predicted molar refractivity (Wildman–Crippen MR) is 88.8 cm³/mol. The molecule has 7 heteroatoms. The number of hydrogen-bond acceptors (Lipinski definition) is 4. The fourth-order valence-electron chi connectivity index (χ4n) is 3.00. The SMILES string of the molecule is CNC(=O)C1CCCCN1C(=O)c1nn(-c2ccccc2)nc1C. The zero-order chi connectivity index (χ0) is 17.1. The van der Waals surface area contributed by atoms with Crippen LogP contribution < -0.4 is 5.32 Å². The minimum atomic E-state index is -0.433. The van der Waals surface area contributed by atoms with Gasteiger partial charge in [-0.2, -0.15) is 9.90 Å². The Morgan fingerprint density at radius 2 is 1.92 bits per heavy atom. The maximum Gasteiger partial charge on any atom is 0.277 e. The highest BCUT2D eigenvalue weighted by Gasteiger charge is 2.34. The van der Waals surface area contributed by atoms with Crippen molar-refractivity contribution in [1.29, 1.82) is 0 Å². The summed E-state index contributed by atoms with van der Waals surface area (Å²) < 4.78 is 0. The van der Waals surface area contributed by atoms with E-state index in [9.17, 15) is 9.59 Å². The zero-order valence-corrected chi connectivity index (χ0v) is 13.9. The molecule has 0 bridgehead atoms. The molecule has 1 aromatic carbocycles. The normalized spacial score (nSPS) is 17.6. The van der Waals surface area contributed by atoms with E-state index in [1.807, 2.05) is 30.3 Å². The van der Waals surface area contributed by atoms with Gasteiger partial charge >= 0.3 is 0 Å². The monoisotopic (exact) mass is 327 g/mol. The second-order valence-corrected chi connectivity index (χ2v) is 5.88. The molecular formula is C17H21N5O2. The molecule has 0 saturated carbocycles. The van der Waals surface area contributed by atoms with E-state index < -0.39 is 6.04 Å². The topological polar surface area (TPSA) is 80.1 Å². The molecule has 2 amide bonds. The fraction of sp³-hybridized carbons (Fsp3) is 0.412. The van der Waals surface area contributed by atoms with Crippen LogP contribution in [-0.4, -0.2) is 51.3 Å². The number of carbonyl (C=O) groups excluding carboxylic acids is 2. The molecule has 126 valence electrons. The van der Waals surface area contributed by atoms with Crippen molar-refractivity contribution in [2.45, 2.75) is 32.2 Å². The molecule has 0 aliphatic carbocycles. The summed E-state index contributed by atoms with van der Waals surface area (Å²) in [5, 5.41) is 11.3. The molecule has 1 aliphatic heterocycles. The van der Waals surface area contributed by atoms with Crippen LogP contribution in [0.1, 0.15) is 35.4 Å². The Bertz CT molecular complexity index is 741. The summed E-state index contributed by atoms with van der Waals surface area (Å²) in [5.74, 6) is -0.362. The average Bonchev–Trinajstić information content (AvgIpc) is 3.03. The van der Waals surface area contributed by atoms with Crippen molar-refractivity contribution >= 4 is 11.8 Å². The molecule has 1 saturated heterocycles. The Labute approximate surface area is 140 Å². The number of nitrogens with zero attached hydrogens (tertiary/aromatic N) is 4. The van der Waals surface area contributed by atoms with Crippen molar-refractivity contribution in [3.05, 3.63) is 41.7 Å². The molecule has 2 heterocycles. The van der Waals surface area contributed by atoms with E-state index in [1.54, 1.807) is 18.9 Å². The minimum absolute atomic E-state index is 0.129. The zero-order valence-electron chi connectivity index (χ0n) is 13.9. The van der Waals surface area contributed by atoms with Crippen LogP contribution >= 0.6 is 0 Å². The Hall–Kier alpha value is -2.70. The van der Waals surface area contributed by atoms with Crippen LogP contribution in [0.3, 0.4) is 0 Å². The maximum atomic E-state index is 12.9. The maximum absolute atomic E-state index is 12.9. The predicted octanol–water partition coefficient (Wildman–Crippen LogP) is 1.32. The number of rotatable bonds is 3. The number of carbonyl (C=O) groups is 2. The molecule has 0 radical (unpaired) electrons. The van der Waals surface area contributed by atoms with E-state index in [0.29, 0.717) is 24.4 Å². The van der Waals surface area contributed by atoms with Crippen molar-refractivity contribution in [2.75, 3.05) is 13.6 Å². The Morgan fingerprint density at radius 3 is 2.62 bits per heavy atom. The van der Waals surface area contributed by atoms with E-state index in [4.69, 9.17) is 0 Å². The molecule has 1 N–H and O–H groups in total. The number of benzene rings is 1. The average molecular weight is 327 g/mol. The molecule has 1 aromatic heterocycles. The lowest BCUT2D eigenvalue weighted by atomic mass is 10.0. The Morgan fingerprint density at radius 1 is 1.17 bits per heavy atom. The summed E-state index contributed by atoms with van der Waals surface area (Å²) in [6, 6.07) is 9.01. The molecule has 1 unspecified atom stereocenters. The number of nitrogens with one attached hydrogen (secondary N) is 1. The molecule has 1 aliphatic rings. The highest BCUT2D eigenvalue weighted by atomic mass is 16.2. The van der Waals surface area contributed by atoms with E-state index in [2.05, 4.69) is 15.5 Å². The van der Waals surface area contributed by atoms with Gasteiger partial charge in [0.25, 0.3) is 5.91 Å². The largest absolute Gasteiger partial charge is 0.357 e. The number of amides is 2. The number of aryl methyl sites for hydroxylation is 1. The Balaban J connectivity index is 1.89. The highest BCUT2D eigenvalue weighted by molar-refractivity contribution is 5.97. The molecule has 2 aromatic rings. The first kappa shape index (κ1) is 16.2. The molecule has 7 nitrogen and oxygen atoms in total. The van der Waals surface area contributed by atoms with Gasteiger partial charge in [0.15, 0.2) is 5.69 Å². The van der Waals surface area contributed by atoms with E-state index in [1.165, 1.54) is 4.80 Å². The summed E-state index contributed by atoms with van der Waals surface area (Å²) >= 11 is 0. The van der Waals surface area contributed by atoms with Gasteiger partial charge < -0.3 is 10.2 Å². The van der Waals surface area contributed by atoms with Crippen LogP contribution in [0.25, 0.3) is 5.69 Å². The third-order valence-electron chi connectivity index (χ3n) is 4.28. The second kappa shape index (κ2) is 6.82. The third-order valence-corrected chi connectivity index (χ3v) is 4.28. The first-order valence-corrected chi connectivity index (χ1v) is 8.13.